The van der Waals surface area contributed by atoms with Crippen LogP contribution in [0, 0.1) is 6.92 Å². The van der Waals surface area contributed by atoms with Crippen molar-refractivity contribution in [3.05, 3.63) is 11.8 Å². The van der Waals surface area contributed by atoms with E-state index in [-0.39, 0.29) is 0 Å². The molecule has 0 spiro atoms. The van der Waals surface area contributed by atoms with Crippen molar-refractivity contribution in [1.82, 2.24) is 14.9 Å². The molecular formula is C18H31N5O. The lowest BCUT2D eigenvalue weighted by Crippen LogP contribution is -2.47. The molecule has 6 heteroatoms. The number of piperazine rings is 1. The molecule has 0 unspecified atom stereocenters. The van der Waals surface area contributed by atoms with Gasteiger partial charge in [-0.3, -0.25) is 4.90 Å². The van der Waals surface area contributed by atoms with Crippen molar-refractivity contribution in [2.24, 2.45) is 0 Å². The number of nitrogens with zero attached hydrogens (tertiary/aromatic N) is 5. The zero-order valence-corrected chi connectivity index (χ0v) is 15.0. The molecule has 2 saturated heterocycles. The van der Waals surface area contributed by atoms with Crippen LogP contribution in [0.25, 0.3) is 0 Å². The predicted octanol–water partition coefficient (Wildman–Crippen LogP) is 1.67. The number of aliphatic hydroxyl groups excluding tert-OH is 1. The van der Waals surface area contributed by atoms with Crippen LogP contribution in [0.1, 0.15) is 37.8 Å². The van der Waals surface area contributed by atoms with Gasteiger partial charge in [-0.2, -0.15) is 4.98 Å². The molecule has 24 heavy (non-hydrogen) atoms. The van der Waals surface area contributed by atoms with Crippen molar-refractivity contribution in [3.8, 4) is 0 Å². The van der Waals surface area contributed by atoms with E-state index in [1.807, 2.05) is 0 Å². The zero-order valence-electron chi connectivity index (χ0n) is 15.0. The fourth-order valence-corrected chi connectivity index (χ4v) is 3.58. The molecule has 6 nitrogen and oxygen atoms in total. The van der Waals surface area contributed by atoms with Gasteiger partial charge in [0.15, 0.2) is 0 Å². The first-order chi connectivity index (χ1) is 11.8. The van der Waals surface area contributed by atoms with Crippen LogP contribution < -0.4 is 9.80 Å². The third kappa shape index (κ3) is 4.57. The van der Waals surface area contributed by atoms with Crippen LogP contribution in [-0.4, -0.2) is 72.4 Å². The fraction of sp³-hybridized carbons (Fsp3) is 0.778. The van der Waals surface area contributed by atoms with Crippen molar-refractivity contribution < 1.29 is 5.11 Å². The smallest absolute Gasteiger partial charge is 0.227 e. The Bertz CT molecular complexity index is 510. The molecule has 2 fully saturated rings. The SMILES string of the molecule is Cc1cc(N2CCN(CCCCO)CC2)nc(N2CCCCC2)n1. The second kappa shape index (κ2) is 8.62. The van der Waals surface area contributed by atoms with Gasteiger partial charge in [0.2, 0.25) is 5.95 Å². The van der Waals surface area contributed by atoms with E-state index in [0.717, 1.165) is 76.1 Å². The van der Waals surface area contributed by atoms with Gasteiger partial charge >= 0.3 is 0 Å². The van der Waals surface area contributed by atoms with Crippen molar-refractivity contribution in [3.63, 3.8) is 0 Å². The molecule has 1 N–H and O–H groups in total. The highest BCUT2D eigenvalue weighted by Crippen LogP contribution is 2.21. The average molecular weight is 333 g/mol. The van der Waals surface area contributed by atoms with Gasteiger partial charge < -0.3 is 14.9 Å². The number of unbranched alkanes of at least 4 members (excludes halogenated alkanes) is 1. The van der Waals surface area contributed by atoms with E-state index in [1.54, 1.807) is 0 Å². The van der Waals surface area contributed by atoms with Gasteiger partial charge in [-0.25, -0.2) is 4.98 Å². The summed E-state index contributed by atoms with van der Waals surface area (Å²) in [5.74, 6) is 1.99. The first kappa shape index (κ1) is 17.4. The van der Waals surface area contributed by atoms with Gasteiger partial charge in [-0.15, -0.1) is 0 Å². The summed E-state index contributed by atoms with van der Waals surface area (Å²) >= 11 is 0. The summed E-state index contributed by atoms with van der Waals surface area (Å²) < 4.78 is 0. The zero-order chi connectivity index (χ0) is 16.8. The third-order valence-corrected chi connectivity index (χ3v) is 5.05. The van der Waals surface area contributed by atoms with Gasteiger partial charge in [0.1, 0.15) is 5.82 Å². The average Bonchev–Trinajstić information content (AvgIpc) is 2.63. The summed E-state index contributed by atoms with van der Waals surface area (Å²) in [5, 5.41) is 8.90. The first-order valence-corrected chi connectivity index (χ1v) is 9.45. The maximum atomic E-state index is 8.90. The summed E-state index contributed by atoms with van der Waals surface area (Å²) in [4.78, 5) is 16.8. The van der Waals surface area contributed by atoms with Crippen molar-refractivity contribution in [1.29, 1.82) is 0 Å². The molecule has 0 amide bonds. The summed E-state index contributed by atoms with van der Waals surface area (Å²) in [5.41, 5.74) is 1.06. The molecule has 0 aliphatic carbocycles. The van der Waals surface area contributed by atoms with Crippen LogP contribution in [0.15, 0.2) is 6.07 Å². The lowest BCUT2D eigenvalue weighted by atomic mass is 10.1. The van der Waals surface area contributed by atoms with Gasteiger partial charge in [0.05, 0.1) is 0 Å². The predicted molar refractivity (Wildman–Crippen MR) is 97.8 cm³/mol. The van der Waals surface area contributed by atoms with Crippen molar-refractivity contribution >= 4 is 11.8 Å². The summed E-state index contributed by atoms with van der Waals surface area (Å²) in [6, 6.07) is 2.12. The third-order valence-electron chi connectivity index (χ3n) is 5.05. The Morgan fingerprint density at radius 3 is 2.38 bits per heavy atom. The molecule has 0 saturated carbocycles. The minimum absolute atomic E-state index is 0.305. The Balaban J connectivity index is 1.59. The Morgan fingerprint density at radius 1 is 0.917 bits per heavy atom. The number of rotatable bonds is 6. The standard InChI is InChI=1S/C18H31N5O/c1-16-15-17(20-18(19-16)23-8-3-2-4-9-23)22-12-10-21(11-13-22)7-5-6-14-24/h15,24H,2-14H2,1H3. The van der Waals surface area contributed by atoms with E-state index in [2.05, 4.69) is 32.7 Å². The van der Waals surface area contributed by atoms with Crippen LogP contribution >= 0.6 is 0 Å². The number of hydrogen-bond acceptors (Lipinski definition) is 6. The molecule has 2 aliphatic rings. The second-order valence-electron chi connectivity index (χ2n) is 6.97. The van der Waals surface area contributed by atoms with Gasteiger partial charge in [0.25, 0.3) is 0 Å². The van der Waals surface area contributed by atoms with Gasteiger partial charge in [0, 0.05) is 57.6 Å². The summed E-state index contributed by atoms with van der Waals surface area (Å²) in [6.07, 6.45) is 5.82. The van der Waals surface area contributed by atoms with Crippen LogP contribution in [0.5, 0.6) is 0 Å². The van der Waals surface area contributed by atoms with Crippen LogP contribution in [0.4, 0.5) is 11.8 Å². The minimum Gasteiger partial charge on any atom is -0.396 e. The summed E-state index contributed by atoms with van der Waals surface area (Å²) in [7, 11) is 0. The Morgan fingerprint density at radius 2 is 1.67 bits per heavy atom. The molecule has 2 aliphatic heterocycles. The van der Waals surface area contributed by atoms with Crippen molar-refractivity contribution in [2.45, 2.75) is 39.0 Å². The van der Waals surface area contributed by atoms with Gasteiger partial charge in [-0.1, -0.05) is 0 Å². The Kier molecular flexibility index (Phi) is 6.26. The van der Waals surface area contributed by atoms with Crippen LogP contribution in [0.2, 0.25) is 0 Å². The molecule has 3 heterocycles. The minimum atomic E-state index is 0.305. The van der Waals surface area contributed by atoms with Crippen LogP contribution in [0.3, 0.4) is 0 Å². The lowest BCUT2D eigenvalue weighted by Gasteiger charge is -2.36. The highest BCUT2D eigenvalue weighted by Gasteiger charge is 2.20. The molecule has 1 aromatic heterocycles. The Hall–Kier alpha value is -1.40. The molecule has 1 aromatic rings. The normalized spacial score (nSPS) is 19.8. The monoisotopic (exact) mass is 333 g/mol. The van der Waals surface area contributed by atoms with Crippen molar-refractivity contribution in [2.75, 3.05) is 62.2 Å². The first-order valence-electron chi connectivity index (χ1n) is 9.45. The molecule has 0 aromatic carbocycles. The number of hydrogen-bond donors (Lipinski definition) is 1. The number of aryl methyl sites for hydroxylation is 1. The second-order valence-corrected chi connectivity index (χ2v) is 6.97. The maximum absolute atomic E-state index is 8.90. The number of aliphatic hydroxyl groups is 1. The Labute approximate surface area is 145 Å². The van der Waals surface area contributed by atoms with Crippen LogP contribution in [-0.2, 0) is 0 Å². The maximum Gasteiger partial charge on any atom is 0.227 e. The van der Waals surface area contributed by atoms with E-state index >= 15 is 0 Å². The van der Waals surface area contributed by atoms with E-state index in [0.29, 0.717) is 6.61 Å². The molecule has 134 valence electrons. The lowest BCUT2D eigenvalue weighted by molar-refractivity contribution is 0.232. The molecule has 0 atom stereocenters. The molecule has 3 rings (SSSR count). The van der Waals surface area contributed by atoms with Gasteiger partial charge in [-0.05, 0) is 45.6 Å². The quantitative estimate of drug-likeness (QED) is 0.799. The number of anilines is 2. The van der Waals surface area contributed by atoms with E-state index in [1.165, 1.54) is 19.3 Å². The fourth-order valence-electron chi connectivity index (χ4n) is 3.58. The van der Waals surface area contributed by atoms with E-state index in [9.17, 15) is 0 Å². The van der Waals surface area contributed by atoms with E-state index < -0.39 is 0 Å². The largest absolute Gasteiger partial charge is 0.396 e. The molecular weight excluding hydrogens is 302 g/mol. The summed E-state index contributed by atoms with van der Waals surface area (Å²) in [6.45, 7) is 9.84. The van der Waals surface area contributed by atoms with E-state index in [4.69, 9.17) is 10.1 Å². The number of piperidine rings is 1. The molecule has 0 bridgehead atoms. The highest BCUT2D eigenvalue weighted by atomic mass is 16.2. The highest BCUT2D eigenvalue weighted by molar-refractivity contribution is 5.46. The number of aromatic nitrogens is 2. The molecule has 0 radical (unpaired) electrons. The topological polar surface area (TPSA) is 55.7 Å².